The van der Waals surface area contributed by atoms with Gasteiger partial charge in [-0.1, -0.05) is 19.9 Å². The Labute approximate surface area is 237 Å². The minimum absolute atomic E-state index is 0.00709. The normalized spacial score (nSPS) is 30.9. The van der Waals surface area contributed by atoms with Crippen molar-refractivity contribution in [1.29, 1.82) is 0 Å². The van der Waals surface area contributed by atoms with Crippen LogP contribution in [0, 0.1) is 30.1 Å². The Hall–Kier alpha value is -2.11. The van der Waals surface area contributed by atoms with Crippen molar-refractivity contribution in [1.82, 2.24) is 9.80 Å². The van der Waals surface area contributed by atoms with Crippen molar-refractivity contribution in [2.75, 3.05) is 32.7 Å². The Morgan fingerprint density at radius 3 is 2.12 bits per heavy atom. The van der Waals surface area contributed by atoms with Gasteiger partial charge in [0.25, 0.3) is 0 Å². The maximum Gasteiger partial charge on any atom is 0.416 e. The van der Waals surface area contributed by atoms with Crippen molar-refractivity contribution in [2.24, 2.45) is 23.7 Å². The molecule has 41 heavy (non-hydrogen) atoms. The van der Waals surface area contributed by atoms with Crippen LogP contribution in [0.25, 0.3) is 0 Å². The first-order chi connectivity index (χ1) is 19.0. The number of piperazine rings is 1. The molecule has 0 aromatic heterocycles. The van der Waals surface area contributed by atoms with Gasteiger partial charge < -0.3 is 14.7 Å². The average Bonchev–Trinajstić information content (AvgIpc) is 2.86. The predicted octanol–water partition coefficient (Wildman–Crippen LogP) is 5.97. The molecular formula is C30H39F6N2O3. The summed E-state index contributed by atoms with van der Waals surface area (Å²) in [6, 6.07) is 1.77. The van der Waals surface area contributed by atoms with E-state index in [1.165, 1.54) is 6.92 Å². The van der Waals surface area contributed by atoms with Crippen LogP contribution in [0.2, 0.25) is 0 Å². The average molecular weight is 590 g/mol. The van der Waals surface area contributed by atoms with E-state index in [0.29, 0.717) is 26.2 Å². The standard InChI is InChI=1S/C30H39F6N2O3/c1-18-11-26-25(6-5-20(3)28(26,40)15-27(18)41-21(4)39)19(2)16-37-7-9-38(10-8-37)17-22-12-23(29(31,32)33)14-24(13-22)30(34,35)36/h11-15,19-20,25-27,40H,5-10,16-17H2,1-4H3/t19?,20-,25+,26-,27-,28-/m1/s1. The van der Waals surface area contributed by atoms with Gasteiger partial charge in [-0.25, -0.2) is 0 Å². The van der Waals surface area contributed by atoms with E-state index in [4.69, 9.17) is 4.74 Å². The van der Waals surface area contributed by atoms with Gasteiger partial charge >= 0.3 is 18.3 Å². The number of hydrogen-bond donors (Lipinski definition) is 1. The number of alkyl halides is 6. The van der Waals surface area contributed by atoms with E-state index in [1.54, 1.807) is 6.42 Å². The van der Waals surface area contributed by atoms with Gasteiger partial charge in [0.15, 0.2) is 0 Å². The minimum Gasteiger partial charge on any atom is -0.458 e. The molecule has 1 N–H and O–H groups in total. The highest BCUT2D eigenvalue weighted by Gasteiger charge is 2.53. The summed E-state index contributed by atoms with van der Waals surface area (Å²) in [5, 5.41) is 11.7. The Kier molecular flexibility index (Phi) is 9.22. The molecular weight excluding hydrogens is 550 g/mol. The molecule has 1 radical (unpaired) electrons. The van der Waals surface area contributed by atoms with Gasteiger partial charge in [-0.3, -0.25) is 9.69 Å². The van der Waals surface area contributed by atoms with Crippen LogP contribution in [0.1, 0.15) is 57.2 Å². The van der Waals surface area contributed by atoms with Gasteiger partial charge in [-0.15, -0.1) is 0 Å². The number of carbonyl (C=O) groups is 1. The maximum atomic E-state index is 13.3. The fourth-order valence-electron chi connectivity index (χ4n) is 6.79. The molecule has 1 aromatic carbocycles. The molecule has 229 valence electrons. The molecule has 1 heterocycles. The molecule has 0 amide bonds. The van der Waals surface area contributed by atoms with Crippen molar-refractivity contribution in [3.63, 3.8) is 0 Å². The van der Waals surface area contributed by atoms with Gasteiger partial charge in [0.1, 0.15) is 6.10 Å². The summed E-state index contributed by atoms with van der Waals surface area (Å²) in [6.07, 6.45) is -4.65. The third kappa shape index (κ3) is 7.28. The summed E-state index contributed by atoms with van der Waals surface area (Å²) in [6.45, 7) is 10.5. The van der Waals surface area contributed by atoms with E-state index in [1.807, 2.05) is 18.7 Å². The third-order valence-corrected chi connectivity index (χ3v) is 9.12. The molecule has 0 bridgehead atoms. The van der Waals surface area contributed by atoms with Gasteiger partial charge in [-0.2, -0.15) is 26.3 Å². The number of halogens is 6. The first kappa shape index (κ1) is 31.8. The van der Waals surface area contributed by atoms with Crippen LogP contribution >= 0.6 is 0 Å². The van der Waals surface area contributed by atoms with Crippen LogP contribution < -0.4 is 0 Å². The predicted molar refractivity (Wildman–Crippen MR) is 141 cm³/mol. The van der Waals surface area contributed by atoms with Crippen LogP contribution in [-0.4, -0.2) is 65.3 Å². The number of esters is 1. The van der Waals surface area contributed by atoms with E-state index < -0.39 is 41.2 Å². The third-order valence-electron chi connectivity index (χ3n) is 9.12. The van der Waals surface area contributed by atoms with Gasteiger partial charge in [0, 0.05) is 58.5 Å². The second kappa shape index (κ2) is 11.9. The van der Waals surface area contributed by atoms with E-state index >= 15 is 0 Å². The second-order valence-corrected chi connectivity index (χ2v) is 12.1. The fraction of sp³-hybridized carbons (Fsp3) is 0.667. The largest absolute Gasteiger partial charge is 0.458 e. The van der Waals surface area contributed by atoms with Crippen molar-refractivity contribution >= 4 is 5.97 Å². The number of ether oxygens (including phenoxy) is 1. The van der Waals surface area contributed by atoms with Crippen LogP contribution in [0.5, 0.6) is 0 Å². The molecule has 11 heteroatoms. The number of benzene rings is 1. The van der Waals surface area contributed by atoms with Gasteiger partial charge in [0.05, 0.1) is 16.7 Å². The van der Waals surface area contributed by atoms with Crippen molar-refractivity contribution in [3.05, 3.63) is 53.0 Å². The molecule has 4 rings (SSSR count). The number of fused-ring (bicyclic) bond motifs is 1. The molecule has 0 spiro atoms. The zero-order chi connectivity index (χ0) is 30.3. The maximum absolute atomic E-state index is 13.3. The Bertz CT molecular complexity index is 1100. The molecule has 3 aliphatic rings. The smallest absolute Gasteiger partial charge is 0.416 e. The molecule has 5 nitrogen and oxygen atoms in total. The zero-order valence-electron chi connectivity index (χ0n) is 23.9. The number of carbonyl (C=O) groups excluding carboxylic acids is 1. The minimum atomic E-state index is -4.86. The molecule has 1 aromatic rings. The van der Waals surface area contributed by atoms with Gasteiger partial charge in [0.2, 0.25) is 0 Å². The molecule has 6 atom stereocenters. The van der Waals surface area contributed by atoms with Crippen molar-refractivity contribution in [3.8, 4) is 0 Å². The van der Waals surface area contributed by atoms with Crippen LogP contribution in [-0.2, 0) is 28.4 Å². The Morgan fingerprint density at radius 1 is 1.02 bits per heavy atom. The van der Waals surface area contributed by atoms with Crippen LogP contribution in [0.15, 0.2) is 29.8 Å². The van der Waals surface area contributed by atoms with Crippen molar-refractivity contribution < 1.29 is 41.0 Å². The molecule has 2 fully saturated rings. The topological polar surface area (TPSA) is 53.0 Å². The summed E-state index contributed by atoms with van der Waals surface area (Å²) in [5.74, 6) is -0.0770. The Balaban J connectivity index is 1.38. The summed E-state index contributed by atoms with van der Waals surface area (Å²) in [7, 11) is 0. The van der Waals surface area contributed by atoms with E-state index in [9.17, 15) is 36.2 Å². The molecule has 1 saturated heterocycles. The number of rotatable bonds is 6. The summed E-state index contributed by atoms with van der Waals surface area (Å²) < 4.78 is 84.9. The summed E-state index contributed by atoms with van der Waals surface area (Å²) >= 11 is 0. The van der Waals surface area contributed by atoms with Crippen LogP contribution in [0.4, 0.5) is 26.3 Å². The summed E-state index contributed by atoms with van der Waals surface area (Å²) in [4.78, 5) is 15.7. The quantitative estimate of drug-likeness (QED) is 0.252. The second-order valence-electron chi connectivity index (χ2n) is 12.1. The lowest BCUT2D eigenvalue weighted by Crippen LogP contribution is -2.57. The molecule has 2 aliphatic carbocycles. The lowest BCUT2D eigenvalue weighted by atomic mass is 9.57. The number of nitrogens with zero attached hydrogens (tertiary/aromatic N) is 2. The van der Waals surface area contributed by atoms with Crippen molar-refractivity contribution in [2.45, 2.75) is 71.1 Å². The first-order valence-electron chi connectivity index (χ1n) is 14.1. The van der Waals surface area contributed by atoms with Gasteiger partial charge in [-0.05, 0) is 66.9 Å². The number of aliphatic hydroxyl groups is 1. The van der Waals surface area contributed by atoms with Crippen LogP contribution in [0.3, 0.4) is 0 Å². The van der Waals surface area contributed by atoms with E-state index in [0.717, 1.165) is 37.1 Å². The lowest BCUT2D eigenvalue weighted by Gasteiger charge is -2.53. The Morgan fingerprint density at radius 2 is 1.59 bits per heavy atom. The lowest BCUT2D eigenvalue weighted by molar-refractivity contribution is -0.148. The highest BCUT2D eigenvalue weighted by molar-refractivity contribution is 5.66. The van der Waals surface area contributed by atoms with E-state index in [2.05, 4.69) is 17.9 Å². The monoisotopic (exact) mass is 589 g/mol. The highest BCUT2D eigenvalue weighted by Crippen LogP contribution is 2.51. The zero-order valence-corrected chi connectivity index (χ0v) is 23.9. The highest BCUT2D eigenvalue weighted by atomic mass is 19.4. The molecule has 1 aliphatic heterocycles. The molecule has 1 unspecified atom stereocenters. The number of hydrogen-bond acceptors (Lipinski definition) is 5. The SMILES string of the molecule is CC(=O)O[C@@H]1[CH][C@@]2(O)[C@H](C)CC[C@@H](C(C)CN3CCN(Cc4cc(C(F)(F)F)cc(C(F)(F)F)c4)CC3)[C@H]2C=C1C. The first-order valence-corrected chi connectivity index (χ1v) is 14.1. The molecule has 1 saturated carbocycles. The van der Waals surface area contributed by atoms with E-state index in [-0.39, 0.29) is 41.8 Å². The summed E-state index contributed by atoms with van der Waals surface area (Å²) in [5.41, 5.74) is -2.78. The fourth-order valence-corrected chi connectivity index (χ4v) is 6.79.